The van der Waals surface area contributed by atoms with Crippen molar-refractivity contribution in [2.24, 2.45) is 0 Å². The summed E-state index contributed by atoms with van der Waals surface area (Å²) in [5, 5.41) is 11.1. The highest BCUT2D eigenvalue weighted by Gasteiger charge is 2.39. The molecule has 0 spiro atoms. The van der Waals surface area contributed by atoms with Gasteiger partial charge in [0.05, 0.1) is 4.92 Å². The minimum Gasteiger partial charge on any atom is -0.258 e. The Morgan fingerprint density at radius 1 is 0.815 bits per heavy atom. The smallest absolute Gasteiger partial charge is 0.258 e. The van der Waals surface area contributed by atoms with E-state index in [4.69, 9.17) is 0 Å². The molecule has 0 aliphatic heterocycles. The Hall–Kier alpha value is -3.20. The van der Waals surface area contributed by atoms with Crippen LogP contribution in [0.4, 0.5) is 5.69 Å². The van der Waals surface area contributed by atoms with E-state index < -0.39 is 0 Å². The van der Waals surface area contributed by atoms with Crippen LogP contribution in [0.25, 0.3) is 11.1 Å². The Morgan fingerprint density at radius 3 is 2.04 bits per heavy atom. The van der Waals surface area contributed by atoms with Crippen molar-refractivity contribution in [3.8, 4) is 0 Å². The summed E-state index contributed by atoms with van der Waals surface area (Å²) in [5.41, 5.74) is 8.36. The Morgan fingerprint density at radius 2 is 1.41 bits per heavy atom. The summed E-state index contributed by atoms with van der Waals surface area (Å²) in [6.45, 7) is 6.65. The first-order valence-electron chi connectivity index (χ1n) is 9.06. The normalized spacial score (nSPS) is 14.9. The predicted molar refractivity (Wildman–Crippen MR) is 110 cm³/mol. The van der Waals surface area contributed by atoms with Crippen LogP contribution in [0.3, 0.4) is 0 Å². The van der Waals surface area contributed by atoms with Gasteiger partial charge in [0.2, 0.25) is 0 Å². The summed E-state index contributed by atoms with van der Waals surface area (Å²) in [4.78, 5) is 10.7. The summed E-state index contributed by atoms with van der Waals surface area (Å²) in [7, 11) is 0. The van der Waals surface area contributed by atoms with Gasteiger partial charge in [0.1, 0.15) is 0 Å². The summed E-state index contributed by atoms with van der Waals surface area (Å²) in [6, 6.07) is 23.8. The van der Waals surface area contributed by atoms with E-state index >= 15 is 0 Å². The molecule has 0 unspecified atom stereocenters. The molecular formula is C24H21NO2. The minimum absolute atomic E-state index is 0.113. The lowest BCUT2D eigenvalue weighted by Crippen LogP contribution is -2.17. The minimum atomic E-state index is -0.354. The molecule has 3 aromatic rings. The molecule has 0 aromatic heterocycles. The van der Waals surface area contributed by atoms with Gasteiger partial charge in [0, 0.05) is 17.5 Å². The van der Waals surface area contributed by atoms with Crippen molar-refractivity contribution in [1.82, 2.24) is 0 Å². The number of fused-ring (bicyclic) bond motifs is 1. The highest BCUT2D eigenvalue weighted by molar-refractivity contribution is 6.07. The third-order valence-corrected chi connectivity index (χ3v) is 5.53. The predicted octanol–water partition coefficient (Wildman–Crippen LogP) is 6.15. The molecule has 0 saturated carbocycles. The number of nitrogens with zero attached hydrogens (tertiary/aromatic N) is 1. The monoisotopic (exact) mass is 355 g/mol. The van der Waals surface area contributed by atoms with Crippen molar-refractivity contribution < 1.29 is 4.92 Å². The highest BCUT2D eigenvalue weighted by Crippen LogP contribution is 2.53. The lowest BCUT2D eigenvalue weighted by atomic mass is 9.77. The Kier molecular flexibility index (Phi) is 3.96. The number of hydrogen-bond donors (Lipinski definition) is 0. The van der Waals surface area contributed by atoms with E-state index in [1.165, 1.54) is 33.4 Å². The van der Waals surface area contributed by atoms with Crippen LogP contribution in [0.2, 0.25) is 0 Å². The largest absolute Gasteiger partial charge is 0.269 e. The molecule has 0 bridgehead atoms. The second-order valence-electron chi connectivity index (χ2n) is 7.54. The molecule has 0 N–H and O–H groups in total. The number of non-ortho nitro benzene ring substituents is 1. The number of benzene rings is 3. The molecule has 0 saturated heterocycles. The van der Waals surface area contributed by atoms with Gasteiger partial charge in [0.25, 0.3) is 5.69 Å². The van der Waals surface area contributed by atoms with Crippen molar-refractivity contribution >= 4 is 16.8 Å². The van der Waals surface area contributed by atoms with Gasteiger partial charge in [-0.25, -0.2) is 0 Å². The molecular weight excluding hydrogens is 334 g/mol. The molecule has 3 aromatic carbocycles. The SMILES string of the molecule is Cc1ccccc1C1=C(c2ccc([N+](=O)[O-])cc2)c2ccccc2C1(C)C. The van der Waals surface area contributed by atoms with E-state index in [1.807, 2.05) is 12.1 Å². The molecule has 0 heterocycles. The van der Waals surface area contributed by atoms with Gasteiger partial charge in [-0.1, -0.05) is 62.4 Å². The number of nitro groups is 1. The van der Waals surface area contributed by atoms with E-state index in [-0.39, 0.29) is 16.0 Å². The average Bonchev–Trinajstić information content (AvgIpc) is 2.90. The first-order valence-corrected chi connectivity index (χ1v) is 9.06. The highest BCUT2D eigenvalue weighted by atomic mass is 16.6. The fourth-order valence-electron chi connectivity index (χ4n) is 4.20. The zero-order chi connectivity index (χ0) is 19.2. The molecule has 1 aliphatic carbocycles. The standard InChI is InChI=1S/C24H21NO2/c1-16-8-4-5-9-19(16)23-22(17-12-14-18(15-13-17)25(26)27)20-10-6-7-11-21(20)24(23,2)3/h4-15H,1-3H3. The van der Waals surface area contributed by atoms with E-state index in [9.17, 15) is 10.1 Å². The van der Waals surface area contributed by atoms with Crippen molar-refractivity contribution in [2.45, 2.75) is 26.2 Å². The third-order valence-electron chi connectivity index (χ3n) is 5.53. The topological polar surface area (TPSA) is 43.1 Å². The summed E-state index contributed by atoms with van der Waals surface area (Å²) >= 11 is 0. The van der Waals surface area contributed by atoms with Crippen molar-refractivity contribution in [1.29, 1.82) is 0 Å². The first-order chi connectivity index (χ1) is 12.9. The van der Waals surface area contributed by atoms with Crippen LogP contribution in [0, 0.1) is 17.0 Å². The van der Waals surface area contributed by atoms with Crippen LogP contribution in [0.15, 0.2) is 72.8 Å². The molecule has 0 atom stereocenters. The fourth-order valence-corrected chi connectivity index (χ4v) is 4.20. The second-order valence-corrected chi connectivity index (χ2v) is 7.54. The van der Waals surface area contributed by atoms with Gasteiger partial charge >= 0.3 is 0 Å². The van der Waals surface area contributed by atoms with Gasteiger partial charge in [-0.2, -0.15) is 0 Å². The van der Waals surface area contributed by atoms with Gasteiger partial charge < -0.3 is 0 Å². The molecule has 134 valence electrons. The van der Waals surface area contributed by atoms with E-state index in [1.54, 1.807) is 12.1 Å². The molecule has 0 fully saturated rings. The van der Waals surface area contributed by atoms with Gasteiger partial charge in [0.15, 0.2) is 0 Å². The van der Waals surface area contributed by atoms with Crippen LogP contribution >= 0.6 is 0 Å². The summed E-state index contributed by atoms with van der Waals surface area (Å²) < 4.78 is 0. The van der Waals surface area contributed by atoms with Gasteiger partial charge in [-0.05, 0) is 58.0 Å². The van der Waals surface area contributed by atoms with Crippen LogP contribution in [-0.4, -0.2) is 4.92 Å². The maximum absolute atomic E-state index is 11.1. The number of aryl methyl sites for hydroxylation is 1. The molecule has 0 amide bonds. The van der Waals surface area contributed by atoms with Crippen molar-refractivity contribution in [3.05, 3.63) is 111 Å². The molecule has 3 heteroatoms. The zero-order valence-electron chi connectivity index (χ0n) is 15.7. The summed E-state index contributed by atoms with van der Waals surface area (Å²) in [6.07, 6.45) is 0. The van der Waals surface area contributed by atoms with E-state index in [2.05, 4.69) is 69.3 Å². The molecule has 3 nitrogen and oxygen atoms in total. The first kappa shape index (κ1) is 17.2. The maximum Gasteiger partial charge on any atom is 0.269 e. The lowest BCUT2D eigenvalue weighted by molar-refractivity contribution is -0.384. The van der Waals surface area contributed by atoms with Crippen LogP contribution in [0.5, 0.6) is 0 Å². The van der Waals surface area contributed by atoms with Crippen molar-refractivity contribution in [2.75, 3.05) is 0 Å². The summed E-state index contributed by atoms with van der Waals surface area (Å²) in [5.74, 6) is 0. The lowest BCUT2D eigenvalue weighted by Gasteiger charge is -2.26. The zero-order valence-corrected chi connectivity index (χ0v) is 15.7. The van der Waals surface area contributed by atoms with Crippen LogP contribution < -0.4 is 0 Å². The molecule has 1 aliphatic rings. The maximum atomic E-state index is 11.1. The van der Waals surface area contributed by atoms with Crippen molar-refractivity contribution in [3.63, 3.8) is 0 Å². The number of allylic oxidation sites excluding steroid dienone is 1. The van der Waals surface area contributed by atoms with Gasteiger partial charge in [-0.15, -0.1) is 0 Å². The second kappa shape index (κ2) is 6.20. The Balaban J connectivity index is 2.04. The van der Waals surface area contributed by atoms with Crippen LogP contribution in [0.1, 0.15) is 41.7 Å². The third kappa shape index (κ3) is 2.67. The Labute approximate surface area is 159 Å². The van der Waals surface area contributed by atoms with Gasteiger partial charge in [-0.3, -0.25) is 10.1 Å². The van der Waals surface area contributed by atoms with Crippen LogP contribution in [-0.2, 0) is 5.41 Å². The molecule has 27 heavy (non-hydrogen) atoms. The molecule has 4 rings (SSSR count). The van der Waals surface area contributed by atoms with E-state index in [0.29, 0.717) is 0 Å². The number of nitro benzene ring substituents is 1. The number of rotatable bonds is 3. The average molecular weight is 355 g/mol. The number of hydrogen-bond acceptors (Lipinski definition) is 2. The molecule has 0 radical (unpaired) electrons. The van der Waals surface area contributed by atoms with E-state index in [0.717, 1.165) is 5.56 Å². The quantitative estimate of drug-likeness (QED) is 0.417. The fraction of sp³-hybridized carbons (Fsp3) is 0.167. The Bertz CT molecular complexity index is 1080.